The van der Waals surface area contributed by atoms with Crippen molar-refractivity contribution in [1.82, 2.24) is 9.97 Å². The maximum atomic E-state index is 10.8. The Balaban J connectivity index is 2.17. The third-order valence-electron chi connectivity index (χ3n) is 2.42. The Morgan fingerprint density at radius 3 is 2.37 bits per heavy atom. The molecule has 0 unspecified atom stereocenters. The van der Waals surface area contributed by atoms with Crippen LogP contribution in [0.2, 0.25) is 0 Å². The van der Waals surface area contributed by atoms with Gasteiger partial charge < -0.3 is 5.11 Å². The fourth-order valence-electron chi connectivity index (χ4n) is 1.48. The van der Waals surface area contributed by atoms with Gasteiger partial charge in [0, 0.05) is 23.7 Å². The molecule has 0 radical (unpaired) electrons. The lowest BCUT2D eigenvalue weighted by Gasteiger charge is -2.02. The summed E-state index contributed by atoms with van der Waals surface area (Å²) < 4.78 is 0. The number of hydrogen-bond acceptors (Lipinski definition) is 4. The molecule has 0 spiro atoms. The monoisotopic (exact) mass is 272 g/mol. The summed E-state index contributed by atoms with van der Waals surface area (Å²) in [5.41, 5.74) is 2.02. The molecule has 19 heavy (non-hydrogen) atoms. The molecule has 1 heterocycles. The van der Waals surface area contributed by atoms with E-state index in [1.165, 1.54) is 11.8 Å². The van der Waals surface area contributed by atoms with E-state index in [0.717, 1.165) is 16.9 Å². The summed E-state index contributed by atoms with van der Waals surface area (Å²) in [5, 5.41) is 9.53. The minimum Gasteiger partial charge on any atom is -0.478 e. The van der Waals surface area contributed by atoms with Crippen molar-refractivity contribution < 1.29 is 9.90 Å². The van der Waals surface area contributed by atoms with E-state index in [4.69, 9.17) is 5.11 Å². The van der Waals surface area contributed by atoms with Crippen LogP contribution in [0.5, 0.6) is 0 Å². The van der Waals surface area contributed by atoms with Crippen LogP contribution in [-0.4, -0.2) is 26.8 Å². The Morgan fingerprint density at radius 2 is 1.84 bits per heavy atom. The number of hydrogen-bond donors (Lipinski definition) is 1. The van der Waals surface area contributed by atoms with Crippen molar-refractivity contribution in [2.24, 2.45) is 0 Å². The fourth-order valence-corrected chi connectivity index (χ4v) is 2.00. The standard InChI is InChI=1S/C14H12N2O2S/c1-2-7-19-14-15-8-12(9-16-14)10-3-5-11(6-4-10)13(17)18/h2-6,8-9H,1,7H2,(H,17,18). The van der Waals surface area contributed by atoms with E-state index < -0.39 is 5.97 Å². The molecule has 0 bridgehead atoms. The highest BCUT2D eigenvalue weighted by Crippen LogP contribution is 2.20. The molecule has 2 rings (SSSR count). The van der Waals surface area contributed by atoms with Crippen molar-refractivity contribution in [3.05, 3.63) is 54.9 Å². The van der Waals surface area contributed by atoms with Crippen LogP contribution < -0.4 is 0 Å². The largest absolute Gasteiger partial charge is 0.478 e. The number of thioether (sulfide) groups is 1. The average Bonchev–Trinajstić information content (AvgIpc) is 2.46. The average molecular weight is 272 g/mol. The van der Waals surface area contributed by atoms with Gasteiger partial charge in [-0.15, -0.1) is 6.58 Å². The number of nitrogens with zero attached hydrogens (tertiary/aromatic N) is 2. The number of carboxylic acids is 1. The van der Waals surface area contributed by atoms with Crippen LogP contribution in [0.3, 0.4) is 0 Å². The Hall–Kier alpha value is -2.14. The molecule has 5 heteroatoms. The maximum Gasteiger partial charge on any atom is 0.335 e. The van der Waals surface area contributed by atoms with Crippen LogP contribution in [0, 0.1) is 0 Å². The van der Waals surface area contributed by atoms with Gasteiger partial charge in [0.05, 0.1) is 5.56 Å². The van der Waals surface area contributed by atoms with Crippen molar-refractivity contribution in [2.45, 2.75) is 5.16 Å². The summed E-state index contributed by atoms with van der Waals surface area (Å²) in [6.07, 6.45) is 5.26. The van der Waals surface area contributed by atoms with Gasteiger partial charge in [0.25, 0.3) is 0 Å². The first kappa shape index (κ1) is 13.3. The van der Waals surface area contributed by atoms with E-state index >= 15 is 0 Å². The Labute approximate surface area is 115 Å². The molecule has 0 atom stereocenters. The molecule has 2 aromatic rings. The number of carbonyl (C=O) groups is 1. The van der Waals surface area contributed by atoms with E-state index in [1.807, 2.05) is 0 Å². The van der Waals surface area contributed by atoms with E-state index in [0.29, 0.717) is 5.16 Å². The Kier molecular flexibility index (Phi) is 4.30. The van der Waals surface area contributed by atoms with Crippen LogP contribution in [0.15, 0.2) is 54.5 Å². The summed E-state index contributed by atoms with van der Waals surface area (Å²) in [4.78, 5) is 19.2. The first-order valence-corrected chi connectivity index (χ1v) is 6.58. The lowest BCUT2D eigenvalue weighted by molar-refractivity contribution is 0.0697. The zero-order chi connectivity index (χ0) is 13.7. The van der Waals surface area contributed by atoms with Crippen LogP contribution in [0.4, 0.5) is 0 Å². The molecule has 0 aliphatic carbocycles. The van der Waals surface area contributed by atoms with Gasteiger partial charge in [-0.05, 0) is 17.7 Å². The van der Waals surface area contributed by atoms with E-state index in [-0.39, 0.29) is 5.56 Å². The molecule has 0 saturated carbocycles. The number of rotatable bonds is 5. The summed E-state index contributed by atoms with van der Waals surface area (Å²) in [6.45, 7) is 3.64. The highest BCUT2D eigenvalue weighted by atomic mass is 32.2. The van der Waals surface area contributed by atoms with Gasteiger partial charge in [0.15, 0.2) is 5.16 Å². The lowest BCUT2D eigenvalue weighted by atomic mass is 10.1. The van der Waals surface area contributed by atoms with Gasteiger partial charge in [-0.25, -0.2) is 14.8 Å². The minimum absolute atomic E-state index is 0.267. The minimum atomic E-state index is -0.932. The van der Waals surface area contributed by atoms with Crippen LogP contribution in [0.25, 0.3) is 11.1 Å². The SMILES string of the molecule is C=CCSc1ncc(-c2ccc(C(=O)O)cc2)cn1. The first-order chi connectivity index (χ1) is 9.20. The predicted octanol–water partition coefficient (Wildman–Crippen LogP) is 3.12. The second-order valence-corrected chi connectivity index (χ2v) is 4.72. The highest BCUT2D eigenvalue weighted by molar-refractivity contribution is 7.99. The van der Waals surface area contributed by atoms with Gasteiger partial charge in [-0.2, -0.15) is 0 Å². The number of aromatic carboxylic acids is 1. The Morgan fingerprint density at radius 1 is 1.21 bits per heavy atom. The van der Waals surface area contributed by atoms with Crippen LogP contribution in [-0.2, 0) is 0 Å². The summed E-state index contributed by atoms with van der Waals surface area (Å²) in [7, 11) is 0. The van der Waals surface area contributed by atoms with Gasteiger partial charge in [0.1, 0.15) is 0 Å². The predicted molar refractivity (Wildman–Crippen MR) is 75.3 cm³/mol. The molecule has 96 valence electrons. The number of benzene rings is 1. The molecule has 1 aromatic carbocycles. The van der Waals surface area contributed by atoms with Gasteiger partial charge in [0.2, 0.25) is 0 Å². The van der Waals surface area contributed by atoms with E-state index in [2.05, 4.69) is 16.5 Å². The third kappa shape index (κ3) is 3.42. The third-order valence-corrected chi connectivity index (χ3v) is 3.30. The van der Waals surface area contributed by atoms with Crippen molar-refractivity contribution in [3.8, 4) is 11.1 Å². The fraction of sp³-hybridized carbons (Fsp3) is 0.0714. The molecule has 0 saturated heterocycles. The molecular weight excluding hydrogens is 260 g/mol. The lowest BCUT2D eigenvalue weighted by Crippen LogP contribution is -1.95. The molecular formula is C14H12N2O2S. The van der Waals surface area contributed by atoms with E-state index in [1.54, 1.807) is 42.7 Å². The highest BCUT2D eigenvalue weighted by Gasteiger charge is 2.04. The van der Waals surface area contributed by atoms with Gasteiger partial charge in [-0.3, -0.25) is 0 Å². The zero-order valence-electron chi connectivity index (χ0n) is 10.1. The van der Waals surface area contributed by atoms with Gasteiger partial charge in [-0.1, -0.05) is 30.0 Å². The molecule has 0 amide bonds. The normalized spacial score (nSPS) is 10.1. The molecule has 1 N–H and O–H groups in total. The topological polar surface area (TPSA) is 63.1 Å². The van der Waals surface area contributed by atoms with Gasteiger partial charge >= 0.3 is 5.97 Å². The second kappa shape index (κ2) is 6.15. The van der Waals surface area contributed by atoms with Crippen molar-refractivity contribution in [3.63, 3.8) is 0 Å². The van der Waals surface area contributed by atoms with Crippen molar-refractivity contribution in [1.29, 1.82) is 0 Å². The smallest absolute Gasteiger partial charge is 0.335 e. The second-order valence-electron chi connectivity index (χ2n) is 3.74. The number of aromatic nitrogens is 2. The zero-order valence-corrected chi connectivity index (χ0v) is 10.9. The van der Waals surface area contributed by atoms with Crippen molar-refractivity contribution in [2.75, 3.05) is 5.75 Å². The molecule has 0 aliphatic heterocycles. The van der Waals surface area contributed by atoms with Crippen molar-refractivity contribution >= 4 is 17.7 Å². The molecule has 0 aliphatic rings. The molecule has 4 nitrogen and oxygen atoms in total. The molecule has 0 fully saturated rings. The molecule has 1 aromatic heterocycles. The summed E-state index contributed by atoms with van der Waals surface area (Å²) in [5.74, 6) is -0.161. The maximum absolute atomic E-state index is 10.8. The summed E-state index contributed by atoms with van der Waals surface area (Å²) in [6, 6.07) is 6.63. The quantitative estimate of drug-likeness (QED) is 0.514. The van der Waals surface area contributed by atoms with Crippen LogP contribution >= 0.6 is 11.8 Å². The Bertz CT molecular complexity index is 579. The number of carboxylic acid groups (broad SMARTS) is 1. The summed E-state index contributed by atoms with van der Waals surface area (Å²) >= 11 is 1.51. The first-order valence-electron chi connectivity index (χ1n) is 5.60. The van der Waals surface area contributed by atoms with E-state index in [9.17, 15) is 4.79 Å². The van der Waals surface area contributed by atoms with Crippen LogP contribution in [0.1, 0.15) is 10.4 Å².